The molecule has 124 valence electrons. The molecule has 0 amide bonds. The molecule has 7 N–H and O–H groups in total. The van der Waals surface area contributed by atoms with Crippen LogP contribution in [0.1, 0.15) is 13.7 Å². The van der Waals surface area contributed by atoms with Crippen molar-refractivity contribution in [3.05, 3.63) is 0 Å². The average molecular weight is 322 g/mol. The standard InChI is InChI=1S/C11H20O10/c12-1-4-6(15)7(16)9(18)11(20-4)21-10-8(17)5(14)3(13)2-19-10/h3-18H,1-2H2/t3-,4?,5+,6-,7?,8?,9?,10-,11-/m1/s1/i1D2,3D,4D,5D,6D,7D,9D,10D,11D. The maximum atomic E-state index is 10.2. The van der Waals surface area contributed by atoms with E-state index >= 15 is 0 Å². The van der Waals surface area contributed by atoms with Crippen molar-refractivity contribution in [1.82, 2.24) is 0 Å². The van der Waals surface area contributed by atoms with Gasteiger partial charge in [0.2, 0.25) is 0 Å². The van der Waals surface area contributed by atoms with E-state index in [0.29, 0.717) is 0 Å². The SMILES string of the molecule is [2H]C([2H])(O)C1([2H])O[C@]([2H])(O[C@@]2([2H])OC[C@@]([2H])(O)[C@]([2H])(O)C2O)C([2H])(O)C([2H])(O)[C@]1([2H])O. The number of hydrogen-bond acceptors (Lipinski definition) is 10. The first-order valence-corrected chi connectivity index (χ1v) is 5.34. The Kier molecular flexibility index (Phi) is 2.56. The van der Waals surface area contributed by atoms with E-state index in [0.717, 1.165) is 0 Å². The van der Waals surface area contributed by atoms with Crippen molar-refractivity contribution in [2.75, 3.05) is 13.2 Å². The van der Waals surface area contributed by atoms with E-state index in [-0.39, 0.29) is 0 Å². The molecule has 21 heavy (non-hydrogen) atoms. The molecular formula is C11H20O10. The van der Waals surface area contributed by atoms with E-state index in [9.17, 15) is 35.7 Å². The average Bonchev–Trinajstić information content (AvgIpc) is 2.55. The predicted molar refractivity (Wildman–Crippen MR) is 62.6 cm³/mol. The summed E-state index contributed by atoms with van der Waals surface area (Å²) in [6, 6.07) is 0. The number of hydrogen-bond donors (Lipinski definition) is 7. The molecule has 0 bridgehead atoms. The smallest absolute Gasteiger partial charge is 0.189 e. The molecule has 2 saturated heterocycles. The molecule has 2 rings (SSSR count). The van der Waals surface area contributed by atoms with Gasteiger partial charge in [0.05, 0.1) is 26.9 Å². The highest BCUT2D eigenvalue weighted by molar-refractivity contribution is 4.90. The van der Waals surface area contributed by atoms with E-state index < -0.39 is 68.3 Å². The molecule has 0 aromatic heterocycles. The largest absolute Gasteiger partial charge is 0.394 e. The molecule has 0 aliphatic carbocycles. The summed E-state index contributed by atoms with van der Waals surface area (Å²) < 4.78 is 88.7. The maximum Gasteiger partial charge on any atom is 0.189 e. The monoisotopic (exact) mass is 322 g/mol. The molecule has 2 aliphatic heterocycles. The van der Waals surface area contributed by atoms with Gasteiger partial charge in [0.25, 0.3) is 0 Å². The molecule has 10 heteroatoms. The number of aliphatic hydroxyl groups excluding tert-OH is 1. The van der Waals surface area contributed by atoms with Crippen molar-refractivity contribution in [1.29, 1.82) is 0 Å². The number of ether oxygens (including phenoxy) is 3. The van der Waals surface area contributed by atoms with Crippen molar-refractivity contribution in [2.24, 2.45) is 0 Å². The first-order chi connectivity index (χ1) is 13.3. The fraction of sp³-hybridized carbons (Fsp3) is 1.00. The summed E-state index contributed by atoms with van der Waals surface area (Å²) in [5.41, 5.74) is 0. The summed E-state index contributed by atoms with van der Waals surface area (Å²) in [5, 5.41) is 69.5. The lowest BCUT2D eigenvalue weighted by Crippen LogP contribution is -2.62. The quantitative estimate of drug-likeness (QED) is 0.268. The Morgan fingerprint density at radius 2 is 1.67 bits per heavy atom. The molecule has 2 heterocycles. The Morgan fingerprint density at radius 3 is 2.29 bits per heavy atom. The number of aliphatic hydroxyl groups is 7. The third-order valence-corrected chi connectivity index (χ3v) is 2.48. The zero-order valence-electron chi connectivity index (χ0n) is 20.1. The number of rotatable bonds is 3. The van der Waals surface area contributed by atoms with Crippen LogP contribution in [-0.4, -0.2) is 104 Å². The van der Waals surface area contributed by atoms with Gasteiger partial charge in [-0.05, 0) is 0 Å². The normalized spacial score (nSPS) is 87.5. The highest BCUT2D eigenvalue weighted by Crippen LogP contribution is 2.25. The van der Waals surface area contributed by atoms with E-state index in [1.165, 1.54) is 0 Å². The molecule has 0 aromatic carbocycles. The van der Waals surface area contributed by atoms with Crippen molar-refractivity contribution in [3.8, 4) is 0 Å². The zero-order chi connectivity index (χ0) is 24.9. The minimum absolute atomic E-state index is 1.49. The van der Waals surface area contributed by atoms with Gasteiger partial charge in [0, 0.05) is 0 Å². The van der Waals surface area contributed by atoms with Crippen molar-refractivity contribution in [3.63, 3.8) is 0 Å². The van der Waals surface area contributed by atoms with Crippen molar-refractivity contribution < 1.29 is 63.7 Å². The van der Waals surface area contributed by atoms with Crippen LogP contribution >= 0.6 is 0 Å². The molecule has 10 nitrogen and oxygen atoms in total. The molecule has 0 spiro atoms. The predicted octanol–water partition coefficient (Wildman–Crippen LogP) is -4.76. The van der Waals surface area contributed by atoms with Gasteiger partial charge in [0.15, 0.2) is 12.5 Å². The van der Waals surface area contributed by atoms with Crippen LogP contribution in [0, 0.1) is 0 Å². The first kappa shape index (κ1) is 7.93. The zero-order valence-corrected chi connectivity index (χ0v) is 10.1. The minimum atomic E-state index is -4.51. The van der Waals surface area contributed by atoms with Gasteiger partial charge in [0.1, 0.15) is 42.6 Å². The Hall–Kier alpha value is -0.400. The lowest BCUT2D eigenvalue weighted by atomic mass is 9.99. The van der Waals surface area contributed by atoms with Crippen LogP contribution in [0.25, 0.3) is 0 Å². The van der Waals surface area contributed by atoms with Crippen LogP contribution in [0.2, 0.25) is 0 Å². The van der Waals surface area contributed by atoms with Gasteiger partial charge in [-0.15, -0.1) is 0 Å². The topological polar surface area (TPSA) is 169 Å². The van der Waals surface area contributed by atoms with Gasteiger partial charge in [-0.3, -0.25) is 0 Å². The summed E-state index contributed by atoms with van der Waals surface area (Å²) in [6.45, 7) is -5.70. The van der Waals surface area contributed by atoms with Crippen molar-refractivity contribution >= 4 is 0 Å². The van der Waals surface area contributed by atoms with Crippen LogP contribution < -0.4 is 0 Å². The van der Waals surface area contributed by atoms with E-state index in [2.05, 4.69) is 14.2 Å². The highest BCUT2D eigenvalue weighted by Gasteiger charge is 2.47. The molecule has 0 radical (unpaired) electrons. The molecule has 2 aliphatic rings. The lowest BCUT2D eigenvalue weighted by molar-refractivity contribution is -0.365. The summed E-state index contributed by atoms with van der Waals surface area (Å²) in [5.74, 6) is 0. The maximum absolute atomic E-state index is 10.2. The van der Waals surface area contributed by atoms with Crippen LogP contribution in [0.15, 0.2) is 0 Å². The highest BCUT2D eigenvalue weighted by atomic mass is 16.8. The molecule has 0 aromatic rings. The van der Waals surface area contributed by atoms with Crippen molar-refractivity contribution in [2.45, 2.75) is 55.1 Å². The molecular weight excluding hydrogens is 292 g/mol. The van der Waals surface area contributed by atoms with Gasteiger partial charge in [-0.25, -0.2) is 0 Å². The molecule has 4 unspecified atom stereocenters. The van der Waals surface area contributed by atoms with Gasteiger partial charge >= 0.3 is 0 Å². The van der Waals surface area contributed by atoms with Crippen LogP contribution in [-0.2, 0) is 14.2 Å². The summed E-state index contributed by atoms with van der Waals surface area (Å²) in [6.07, 6.45) is -35.9. The second-order valence-corrected chi connectivity index (χ2v) is 3.82. The van der Waals surface area contributed by atoms with E-state index in [1.807, 2.05) is 0 Å². The van der Waals surface area contributed by atoms with Gasteiger partial charge < -0.3 is 50.0 Å². The molecule has 9 atom stereocenters. The Balaban J connectivity index is 2.64. The van der Waals surface area contributed by atoms with Crippen LogP contribution in [0.3, 0.4) is 0 Å². The van der Waals surface area contributed by atoms with Crippen LogP contribution in [0.5, 0.6) is 0 Å². The molecule has 2 fully saturated rings. The van der Waals surface area contributed by atoms with Crippen LogP contribution in [0.4, 0.5) is 0 Å². The third-order valence-electron chi connectivity index (χ3n) is 2.48. The van der Waals surface area contributed by atoms with Gasteiger partial charge in [-0.1, -0.05) is 0 Å². The Bertz CT molecular complexity index is 743. The summed E-state index contributed by atoms with van der Waals surface area (Å²) >= 11 is 0. The Morgan fingerprint density at radius 1 is 1.00 bits per heavy atom. The summed E-state index contributed by atoms with van der Waals surface area (Å²) in [4.78, 5) is 0. The third kappa shape index (κ3) is 3.35. The van der Waals surface area contributed by atoms with Gasteiger partial charge in [-0.2, -0.15) is 0 Å². The Labute approximate surface area is 133 Å². The first-order valence-electron chi connectivity index (χ1n) is 10.3. The lowest BCUT2D eigenvalue weighted by Gasteiger charge is -2.42. The fourth-order valence-electron chi connectivity index (χ4n) is 1.39. The second kappa shape index (κ2) is 6.79. The van der Waals surface area contributed by atoms with E-state index in [1.54, 1.807) is 0 Å². The van der Waals surface area contributed by atoms with E-state index in [4.69, 9.17) is 13.7 Å². The fourth-order valence-corrected chi connectivity index (χ4v) is 1.39. The summed E-state index contributed by atoms with van der Waals surface area (Å²) in [7, 11) is 0. The molecule has 0 saturated carbocycles. The second-order valence-electron chi connectivity index (χ2n) is 3.82. The minimum Gasteiger partial charge on any atom is -0.394 e.